The Morgan fingerprint density at radius 2 is 2.09 bits per heavy atom. The number of hydrogen-bond donors (Lipinski definition) is 2. The van der Waals surface area contributed by atoms with E-state index in [1.165, 1.54) is 0 Å². The summed E-state index contributed by atoms with van der Waals surface area (Å²) in [6, 6.07) is -0.0255. The maximum Gasteiger partial charge on any atom is 0.0529 e. The van der Waals surface area contributed by atoms with Crippen LogP contribution in [-0.4, -0.2) is 11.6 Å². The molecule has 2 unspecified atom stereocenters. The van der Waals surface area contributed by atoms with Crippen molar-refractivity contribution in [2.75, 3.05) is 0 Å². The Kier molecular flexibility index (Phi) is 3.45. The lowest BCUT2D eigenvalue weighted by Gasteiger charge is -2.31. The molecule has 0 bridgehead atoms. The molecule has 0 aromatic carbocycles. The zero-order chi connectivity index (χ0) is 7.61. The topological polar surface area (TPSA) is 82.5 Å². The molecule has 61 valence electrons. The zero-order valence-corrected chi connectivity index (χ0v) is 6.70. The Labute approximate surface area is 67.7 Å². The van der Waals surface area contributed by atoms with Crippen LogP contribution in [-0.2, 0) is 0 Å². The Morgan fingerprint density at radius 3 is 2.45 bits per heavy atom. The van der Waals surface area contributed by atoms with Crippen LogP contribution >= 0.6 is 0 Å². The average molecular weight is 152 g/mol. The Balaban J connectivity index is 0.000001000. The zero-order valence-electron chi connectivity index (χ0n) is 6.70. The maximum atomic E-state index is 5.94. The van der Waals surface area contributed by atoms with Crippen molar-refractivity contribution in [3.05, 3.63) is 24.3 Å². The van der Waals surface area contributed by atoms with Crippen molar-refractivity contribution in [1.29, 1.82) is 0 Å². The van der Waals surface area contributed by atoms with E-state index >= 15 is 0 Å². The van der Waals surface area contributed by atoms with Crippen molar-refractivity contribution in [2.45, 2.75) is 24.9 Å². The van der Waals surface area contributed by atoms with Gasteiger partial charge in [-0.15, -0.1) is 0 Å². The van der Waals surface area contributed by atoms with Gasteiger partial charge in [-0.1, -0.05) is 31.2 Å². The van der Waals surface area contributed by atoms with E-state index in [2.05, 4.69) is 0 Å². The van der Waals surface area contributed by atoms with E-state index in [4.69, 9.17) is 11.5 Å². The fourth-order valence-electron chi connectivity index (χ4n) is 1.06. The molecule has 3 radical (unpaired) electrons. The van der Waals surface area contributed by atoms with Crippen LogP contribution in [0.1, 0.15) is 13.3 Å². The van der Waals surface area contributed by atoms with Crippen molar-refractivity contribution >= 4 is 0 Å². The molecule has 1 aliphatic rings. The summed E-state index contributed by atoms with van der Waals surface area (Å²) in [5.74, 6) is 0. The van der Waals surface area contributed by atoms with Crippen molar-refractivity contribution in [3.63, 3.8) is 0 Å². The molecule has 11 heavy (non-hydrogen) atoms. The molecule has 0 saturated heterocycles. The molecule has 3 nitrogen and oxygen atoms in total. The number of nitrogens with two attached hydrogens (primary N) is 2. The van der Waals surface area contributed by atoms with Gasteiger partial charge in [0, 0.05) is 12.2 Å². The Bertz CT molecular complexity index is 174. The van der Waals surface area contributed by atoms with Crippen molar-refractivity contribution in [1.82, 2.24) is 6.15 Å². The van der Waals surface area contributed by atoms with Gasteiger partial charge < -0.3 is 11.5 Å². The highest BCUT2D eigenvalue weighted by Gasteiger charge is 2.26. The third-order valence-electron chi connectivity index (χ3n) is 2.07. The van der Waals surface area contributed by atoms with Crippen LogP contribution in [0.3, 0.4) is 0 Å². The standard InChI is InChI=1S/C8H14N2.N/c1-2-8(10)6-4-3-5-7(8)9;/h3-7H,2,9-10H2,1H3;. The summed E-state index contributed by atoms with van der Waals surface area (Å²) in [7, 11) is 0. The van der Waals surface area contributed by atoms with Crippen LogP contribution < -0.4 is 17.6 Å². The third kappa shape index (κ3) is 1.89. The van der Waals surface area contributed by atoms with Gasteiger partial charge in [0.05, 0.1) is 5.54 Å². The second-order valence-electron chi connectivity index (χ2n) is 2.74. The second kappa shape index (κ2) is 3.67. The highest BCUT2D eigenvalue weighted by Crippen LogP contribution is 2.16. The number of rotatable bonds is 1. The van der Waals surface area contributed by atoms with Crippen LogP contribution in [0.25, 0.3) is 0 Å². The quantitative estimate of drug-likeness (QED) is 0.557. The van der Waals surface area contributed by atoms with Gasteiger partial charge >= 0.3 is 0 Å². The van der Waals surface area contributed by atoms with E-state index in [0.717, 1.165) is 6.42 Å². The van der Waals surface area contributed by atoms with Crippen molar-refractivity contribution in [2.24, 2.45) is 11.5 Å². The predicted molar refractivity (Wildman–Crippen MR) is 45.6 cm³/mol. The first-order valence-corrected chi connectivity index (χ1v) is 3.59. The summed E-state index contributed by atoms with van der Waals surface area (Å²) in [6.07, 6.45) is 8.68. The molecule has 0 amide bonds. The van der Waals surface area contributed by atoms with Crippen LogP contribution in [0, 0.1) is 0 Å². The highest BCUT2D eigenvalue weighted by atomic mass is 14.8. The molecule has 1 aliphatic carbocycles. The molecule has 4 N–H and O–H groups in total. The fourth-order valence-corrected chi connectivity index (χ4v) is 1.06. The summed E-state index contributed by atoms with van der Waals surface area (Å²) in [6.45, 7) is 2.04. The maximum absolute atomic E-state index is 5.94. The molecular weight excluding hydrogens is 138 g/mol. The van der Waals surface area contributed by atoms with E-state index < -0.39 is 0 Å². The lowest BCUT2D eigenvalue weighted by Crippen LogP contribution is -2.53. The highest BCUT2D eigenvalue weighted by molar-refractivity contribution is 5.25. The van der Waals surface area contributed by atoms with E-state index in [1.54, 1.807) is 0 Å². The summed E-state index contributed by atoms with van der Waals surface area (Å²) >= 11 is 0. The largest absolute Gasteiger partial charge is 0.323 e. The first-order chi connectivity index (χ1) is 4.69. The van der Waals surface area contributed by atoms with Gasteiger partial charge in [-0.2, -0.15) is 0 Å². The van der Waals surface area contributed by atoms with Gasteiger partial charge in [-0.05, 0) is 6.42 Å². The lowest BCUT2D eigenvalue weighted by molar-refractivity contribution is 0.455. The van der Waals surface area contributed by atoms with Gasteiger partial charge in [-0.3, -0.25) is 0 Å². The van der Waals surface area contributed by atoms with Gasteiger partial charge in [0.1, 0.15) is 0 Å². The van der Waals surface area contributed by atoms with Crippen LogP contribution in [0.5, 0.6) is 0 Å². The van der Waals surface area contributed by atoms with E-state index in [0.29, 0.717) is 0 Å². The molecule has 0 saturated carbocycles. The SMILES string of the molecule is CCC1(N)C=CC=CC1N.[N]. The Hall–Kier alpha value is -0.640. The smallest absolute Gasteiger partial charge is 0.0529 e. The minimum Gasteiger partial charge on any atom is -0.323 e. The number of hydrogen-bond acceptors (Lipinski definition) is 2. The molecule has 0 fully saturated rings. The van der Waals surface area contributed by atoms with Crippen molar-refractivity contribution in [3.8, 4) is 0 Å². The second-order valence-corrected chi connectivity index (χ2v) is 2.74. The first-order valence-electron chi connectivity index (χ1n) is 3.59. The summed E-state index contributed by atoms with van der Waals surface area (Å²) in [5, 5.41) is 0. The van der Waals surface area contributed by atoms with Gasteiger partial charge in [0.2, 0.25) is 0 Å². The average Bonchev–Trinajstić information content (AvgIpc) is 1.96. The van der Waals surface area contributed by atoms with Gasteiger partial charge in [0.25, 0.3) is 0 Å². The fraction of sp³-hybridized carbons (Fsp3) is 0.500. The molecule has 0 aromatic rings. The summed E-state index contributed by atoms with van der Waals surface area (Å²) in [5.41, 5.74) is 11.4. The van der Waals surface area contributed by atoms with Crippen LogP contribution in [0.4, 0.5) is 0 Å². The molecule has 0 heterocycles. The first kappa shape index (κ1) is 10.4. The minimum atomic E-state index is -0.311. The van der Waals surface area contributed by atoms with Crippen LogP contribution in [0.2, 0.25) is 0 Å². The number of nitrogens with zero attached hydrogens (tertiary/aromatic N) is 1. The molecular formula is C8H14N3. The van der Waals surface area contributed by atoms with Gasteiger partial charge in [0.15, 0.2) is 0 Å². The monoisotopic (exact) mass is 152 g/mol. The molecule has 0 aromatic heterocycles. The lowest BCUT2D eigenvalue weighted by atomic mass is 9.86. The summed E-state index contributed by atoms with van der Waals surface area (Å²) < 4.78 is 0. The van der Waals surface area contributed by atoms with E-state index in [1.807, 2.05) is 31.2 Å². The van der Waals surface area contributed by atoms with E-state index in [-0.39, 0.29) is 17.7 Å². The normalized spacial score (nSPS) is 35.0. The predicted octanol–water partition coefficient (Wildman–Crippen LogP) is 0.0666. The summed E-state index contributed by atoms with van der Waals surface area (Å²) in [4.78, 5) is 0. The van der Waals surface area contributed by atoms with Crippen molar-refractivity contribution < 1.29 is 0 Å². The third-order valence-corrected chi connectivity index (χ3v) is 2.07. The molecule has 0 aliphatic heterocycles. The van der Waals surface area contributed by atoms with E-state index in [9.17, 15) is 0 Å². The molecule has 2 atom stereocenters. The minimum absolute atomic E-state index is 0. The molecule has 1 rings (SSSR count). The van der Waals surface area contributed by atoms with Crippen LogP contribution in [0.15, 0.2) is 24.3 Å². The molecule has 0 spiro atoms. The van der Waals surface area contributed by atoms with Gasteiger partial charge in [-0.25, -0.2) is 0 Å². The Morgan fingerprint density at radius 1 is 1.45 bits per heavy atom. The number of allylic oxidation sites excluding steroid dienone is 2. The molecule has 3 heteroatoms.